The van der Waals surface area contributed by atoms with Crippen LogP contribution in [-0.2, 0) is 0 Å². The summed E-state index contributed by atoms with van der Waals surface area (Å²) in [5.74, 6) is 5.80. The standard InChI is InChI=1S/2C46H29N5.C40H25N5/c1-4-13-30(14-5-1)34-22-24-37-39(28-34)40-29-35(23-25-38(40)43-42(37)47-41-21-10-11-26-51(41)43)33-19-12-20-36(27-33)46-49-44(31-15-6-2-7-16-31)48-45(50-46)32-17-8-3-9-18-32;1-4-12-30(13-5-1)35-23-25-37-39(28-35)40-29-36(24-26-38(40)43-42(37)47-41-18-10-11-27-51(41)43)31-19-21-34(22-20-31)46-49-44(32-14-6-2-7-15-32)48-45(50-46)33-16-8-3-9-17-33;1-4-12-26(13-5-1)29-19-21-31-33(24-29)34-25-30(20-22-32(34)37-36(31)41-35-18-10-11-23-45(35)37)40-43-38(27-14-6-2-7-15-27)42-39(44-40)28-16-8-3-9-17-28/h2*1-29H;1-25H. The molecule has 0 aliphatic rings. The lowest BCUT2D eigenvalue weighted by Crippen LogP contribution is -2.00. The van der Waals surface area contributed by atoms with Gasteiger partial charge in [0.2, 0.25) is 0 Å². The second-order valence-electron chi connectivity index (χ2n) is 36.6. The lowest BCUT2D eigenvalue weighted by atomic mass is 9.93. The van der Waals surface area contributed by atoms with Gasteiger partial charge in [-0.05, 0) is 167 Å². The minimum absolute atomic E-state index is 0.634. The SMILES string of the molecule is c1ccc(-c2ccc3c(c2)c2cc(-c4ccc(-c5nc(-c6ccccc6)nc(-c6ccccc6)n5)cc4)ccc2c2c3nc3ccccn32)cc1.c1ccc(-c2ccc3c(c2)c2cc(-c4cccc(-c5nc(-c6ccccc6)nc(-c6ccccc6)n5)c4)ccc2c2c3nc3ccccn32)cc1.c1ccc(-c2ccc3c(c2)c2cc(-c4nc(-c5ccccc5)nc(-c5ccccc5)n4)ccc2c2c3nc3ccccn32)cc1. The number of imidazole rings is 3. The zero-order valence-electron chi connectivity index (χ0n) is 79.1. The highest BCUT2D eigenvalue weighted by Crippen LogP contribution is 2.46. The van der Waals surface area contributed by atoms with E-state index in [0.29, 0.717) is 52.4 Å². The van der Waals surface area contributed by atoms with E-state index in [9.17, 15) is 0 Å². The first-order chi connectivity index (χ1) is 72.8. The van der Waals surface area contributed by atoms with Crippen LogP contribution in [-0.4, -0.2) is 73.0 Å². The molecule has 0 spiro atoms. The Balaban J connectivity index is 0.000000109. The number of fused-ring (bicyclic) bond motifs is 24. The quantitative estimate of drug-likeness (QED) is 0.0946. The predicted molar refractivity (Wildman–Crippen MR) is 599 cm³/mol. The van der Waals surface area contributed by atoms with Gasteiger partial charge in [0.15, 0.2) is 52.4 Å². The molecule has 20 aromatic carbocycles. The summed E-state index contributed by atoms with van der Waals surface area (Å²) in [6.45, 7) is 0. The number of nitrogens with zero attached hydrogens (tertiary/aromatic N) is 15. The summed E-state index contributed by atoms with van der Waals surface area (Å²) in [5, 5.41) is 13.9. The summed E-state index contributed by atoms with van der Waals surface area (Å²) in [6.07, 6.45) is 6.30. The fourth-order valence-corrected chi connectivity index (χ4v) is 20.6. The van der Waals surface area contributed by atoms with Crippen LogP contribution in [0.4, 0.5) is 0 Å². The van der Waals surface area contributed by atoms with Gasteiger partial charge in [0, 0.05) is 101 Å². The van der Waals surface area contributed by atoms with Crippen molar-refractivity contribution < 1.29 is 0 Å². The smallest absolute Gasteiger partial charge is 0.164 e. The first kappa shape index (κ1) is 86.0. The van der Waals surface area contributed by atoms with Crippen LogP contribution in [0.1, 0.15) is 0 Å². The average Bonchev–Trinajstić information content (AvgIpc) is 1.61. The molecule has 0 bridgehead atoms. The van der Waals surface area contributed by atoms with E-state index in [-0.39, 0.29) is 0 Å². The van der Waals surface area contributed by atoms with Crippen molar-refractivity contribution in [2.24, 2.45) is 0 Å². The number of rotatable bonds is 14. The minimum Gasteiger partial charge on any atom is -0.299 e. The normalized spacial score (nSPS) is 11.5. The van der Waals surface area contributed by atoms with Crippen LogP contribution in [0.25, 0.3) is 273 Å². The van der Waals surface area contributed by atoms with Gasteiger partial charge in [0.25, 0.3) is 0 Å². The van der Waals surface area contributed by atoms with Crippen molar-refractivity contribution in [2.45, 2.75) is 0 Å². The molecule has 15 nitrogen and oxygen atoms in total. The van der Waals surface area contributed by atoms with Crippen molar-refractivity contribution in [3.63, 3.8) is 0 Å². The summed E-state index contributed by atoms with van der Waals surface area (Å²) in [5.41, 5.74) is 29.2. The molecule has 29 aromatic rings. The summed E-state index contributed by atoms with van der Waals surface area (Å²) in [7, 11) is 0. The Hall–Kier alpha value is -20.2. The van der Waals surface area contributed by atoms with Crippen LogP contribution < -0.4 is 0 Å². The fourth-order valence-electron chi connectivity index (χ4n) is 20.6. The molecule has 9 heterocycles. The Morgan fingerprint density at radius 2 is 0.279 bits per heavy atom. The van der Waals surface area contributed by atoms with Gasteiger partial charge in [0.1, 0.15) is 16.9 Å². The molecule has 0 fully saturated rings. The van der Waals surface area contributed by atoms with Crippen LogP contribution >= 0.6 is 0 Å². The van der Waals surface area contributed by atoms with Crippen molar-refractivity contribution in [1.82, 2.24) is 73.0 Å². The molecule has 0 unspecified atom stereocenters. The number of pyridine rings is 3. The molecule has 0 atom stereocenters. The summed E-state index contributed by atoms with van der Waals surface area (Å²) in [4.78, 5) is 59.8. The summed E-state index contributed by atoms with van der Waals surface area (Å²) >= 11 is 0. The fraction of sp³-hybridized carbons (Fsp3) is 0. The maximum Gasteiger partial charge on any atom is 0.164 e. The second kappa shape index (κ2) is 36.8. The lowest BCUT2D eigenvalue weighted by Gasteiger charge is -2.12. The number of hydrogen-bond acceptors (Lipinski definition) is 12. The summed E-state index contributed by atoms with van der Waals surface area (Å²) in [6, 6.07) is 168. The lowest BCUT2D eigenvalue weighted by molar-refractivity contribution is 1.07. The van der Waals surface area contributed by atoms with Crippen LogP contribution in [0.15, 0.2) is 504 Å². The molecule has 0 amide bonds. The topological polar surface area (TPSA) is 168 Å². The molecule has 0 aliphatic carbocycles. The number of hydrogen-bond donors (Lipinski definition) is 0. The molecule has 686 valence electrons. The van der Waals surface area contributed by atoms with E-state index in [2.05, 4.69) is 317 Å². The van der Waals surface area contributed by atoms with Gasteiger partial charge in [-0.2, -0.15) is 0 Å². The Morgan fingerprint density at radius 1 is 0.109 bits per heavy atom. The predicted octanol–water partition coefficient (Wildman–Crippen LogP) is 32.3. The van der Waals surface area contributed by atoms with Crippen molar-refractivity contribution in [2.75, 3.05) is 0 Å². The maximum atomic E-state index is 5.12. The van der Waals surface area contributed by atoms with E-state index in [1.165, 1.54) is 60.1 Å². The van der Waals surface area contributed by atoms with Gasteiger partial charge in [-0.25, -0.2) is 59.8 Å². The third-order valence-electron chi connectivity index (χ3n) is 27.7. The molecule has 15 heteroatoms. The van der Waals surface area contributed by atoms with E-state index in [1.807, 2.05) is 200 Å². The van der Waals surface area contributed by atoms with Gasteiger partial charge in [-0.15, -0.1) is 0 Å². The van der Waals surface area contributed by atoms with E-state index >= 15 is 0 Å². The second-order valence-corrected chi connectivity index (χ2v) is 36.6. The zero-order chi connectivity index (χ0) is 97.2. The van der Waals surface area contributed by atoms with Gasteiger partial charge < -0.3 is 0 Å². The third-order valence-corrected chi connectivity index (χ3v) is 27.7. The third kappa shape index (κ3) is 16.0. The molecule has 0 saturated heterocycles. The Labute approximate surface area is 843 Å². The van der Waals surface area contributed by atoms with E-state index in [0.717, 1.165) is 160 Å². The number of benzene rings is 20. The largest absolute Gasteiger partial charge is 0.299 e. The Kier molecular flexibility index (Phi) is 21.5. The molecule has 147 heavy (non-hydrogen) atoms. The highest BCUT2D eigenvalue weighted by molar-refractivity contribution is 6.28. The van der Waals surface area contributed by atoms with Gasteiger partial charge in [-0.3, -0.25) is 13.2 Å². The highest BCUT2D eigenvalue weighted by atomic mass is 15.1. The minimum atomic E-state index is 0.634. The van der Waals surface area contributed by atoms with Gasteiger partial charge >= 0.3 is 0 Å². The molecule has 0 radical (unpaired) electrons. The van der Waals surface area contributed by atoms with Crippen molar-refractivity contribution in [1.29, 1.82) is 0 Å². The van der Waals surface area contributed by atoms with Crippen LogP contribution in [0.5, 0.6) is 0 Å². The van der Waals surface area contributed by atoms with Crippen LogP contribution in [0.2, 0.25) is 0 Å². The zero-order valence-corrected chi connectivity index (χ0v) is 79.1. The summed E-state index contributed by atoms with van der Waals surface area (Å²) < 4.78 is 6.60. The van der Waals surface area contributed by atoms with E-state index in [1.54, 1.807) is 0 Å². The van der Waals surface area contributed by atoms with Crippen molar-refractivity contribution in [3.05, 3.63) is 504 Å². The molecular formula is C132H83N15. The average molecular weight is 1880 g/mol. The molecular weight excluding hydrogens is 1800 g/mol. The Bertz CT molecular complexity index is 9970. The first-order valence-electron chi connectivity index (χ1n) is 49.1. The molecule has 29 rings (SSSR count). The highest BCUT2D eigenvalue weighted by Gasteiger charge is 2.25. The molecule has 0 aliphatic heterocycles. The first-order valence-corrected chi connectivity index (χ1v) is 49.1. The van der Waals surface area contributed by atoms with Crippen LogP contribution in [0.3, 0.4) is 0 Å². The number of aromatic nitrogens is 15. The molecule has 0 saturated carbocycles. The van der Waals surface area contributed by atoms with Gasteiger partial charge in [-0.1, -0.05) is 406 Å². The van der Waals surface area contributed by atoms with E-state index < -0.39 is 0 Å². The van der Waals surface area contributed by atoms with Crippen LogP contribution in [0, 0.1) is 0 Å². The monoisotopic (exact) mass is 1880 g/mol. The molecule has 9 aromatic heterocycles. The van der Waals surface area contributed by atoms with Crippen molar-refractivity contribution >= 4 is 115 Å². The Morgan fingerprint density at radius 3 is 0.558 bits per heavy atom. The maximum absolute atomic E-state index is 5.12. The van der Waals surface area contributed by atoms with Crippen molar-refractivity contribution in [3.8, 4) is 158 Å². The van der Waals surface area contributed by atoms with E-state index in [4.69, 9.17) is 59.8 Å². The molecule has 0 N–H and O–H groups in total. The van der Waals surface area contributed by atoms with Gasteiger partial charge in [0.05, 0.1) is 33.1 Å².